The molecule has 1 N–H and O–H groups in total. The van der Waals surface area contributed by atoms with Crippen molar-refractivity contribution in [1.29, 1.82) is 0 Å². The normalized spacial score (nSPS) is 12.0. The van der Waals surface area contributed by atoms with E-state index in [2.05, 4.69) is 81.5 Å². The molecular formula is C27H30BrNO2. The summed E-state index contributed by atoms with van der Waals surface area (Å²) in [5, 5.41) is 9.53. The molecule has 3 rings (SSSR count). The minimum Gasteiger partial charge on any atom is -0.492 e. The number of nitrogens with zero attached hydrogens (tertiary/aromatic N) is 1. The Labute approximate surface area is 194 Å². The number of ether oxygens (including phenoxy) is 1. The second-order valence-electron chi connectivity index (χ2n) is 7.73. The summed E-state index contributed by atoms with van der Waals surface area (Å²) in [6, 6.07) is 27.2. The van der Waals surface area contributed by atoms with Gasteiger partial charge in [-0.3, -0.25) is 0 Å². The molecule has 0 saturated heterocycles. The van der Waals surface area contributed by atoms with Gasteiger partial charge in [-0.15, -0.1) is 0 Å². The summed E-state index contributed by atoms with van der Waals surface area (Å²) in [5.41, 5.74) is 5.89. The summed E-state index contributed by atoms with van der Waals surface area (Å²) in [6.07, 6.45) is 1.52. The number of benzene rings is 3. The van der Waals surface area contributed by atoms with Crippen LogP contribution in [0.15, 0.2) is 83.3 Å². The van der Waals surface area contributed by atoms with Gasteiger partial charge < -0.3 is 14.7 Å². The molecule has 0 aliphatic heterocycles. The van der Waals surface area contributed by atoms with Gasteiger partial charge in [-0.05, 0) is 79.0 Å². The monoisotopic (exact) mass is 479 g/mol. The van der Waals surface area contributed by atoms with Gasteiger partial charge in [-0.1, -0.05) is 70.5 Å². The number of halogens is 1. The Kier molecular flexibility index (Phi) is 8.89. The second kappa shape index (κ2) is 11.8. The fourth-order valence-electron chi connectivity index (χ4n) is 3.50. The lowest BCUT2D eigenvalue weighted by atomic mass is 9.87. The molecule has 4 heteroatoms. The van der Waals surface area contributed by atoms with Crippen LogP contribution in [0.2, 0.25) is 0 Å². The van der Waals surface area contributed by atoms with Crippen LogP contribution in [0.3, 0.4) is 0 Å². The van der Waals surface area contributed by atoms with Gasteiger partial charge in [0, 0.05) is 17.6 Å². The maximum Gasteiger partial charge on any atom is 0.119 e. The van der Waals surface area contributed by atoms with E-state index < -0.39 is 0 Å². The quantitative estimate of drug-likeness (QED) is 0.355. The van der Waals surface area contributed by atoms with Crippen LogP contribution in [0.4, 0.5) is 0 Å². The first-order valence-corrected chi connectivity index (χ1v) is 11.4. The van der Waals surface area contributed by atoms with Crippen LogP contribution in [0.25, 0.3) is 11.1 Å². The summed E-state index contributed by atoms with van der Waals surface area (Å²) >= 11 is 3.55. The topological polar surface area (TPSA) is 32.7 Å². The number of likely N-dealkylation sites (N-methyl/N-ethyl adjacent to an activating group) is 1. The highest BCUT2D eigenvalue weighted by Gasteiger charge is 2.14. The molecule has 0 aromatic heterocycles. The van der Waals surface area contributed by atoms with Crippen molar-refractivity contribution in [3.63, 3.8) is 0 Å². The third-order valence-corrected chi connectivity index (χ3v) is 5.62. The van der Waals surface area contributed by atoms with Gasteiger partial charge in [0.2, 0.25) is 0 Å². The molecule has 0 bridgehead atoms. The third-order valence-electron chi connectivity index (χ3n) is 5.09. The van der Waals surface area contributed by atoms with E-state index in [9.17, 15) is 5.11 Å². The summed E-state index contributed by atoms with van der Waals surface area (Å²) < 4.78 is 6.94. The number of aliphatic hydroxyl groups is 1. The van der Waals surface area contributed by atoms with Crippen molar-refractivity contribution in [3.8, 4) is 5.75 Å². The minimum absolute atomic E-state index is 0.169. The van der Waals surface area contributed by atoms with E-state index in [0.29, 0.717) is 6.61 Å². The van der Waals surface area contributed by atoms with E-state index in [4.69, 9.17) is 4.74 Å². The molecule has 0 aliphatic carbocycles. The van der Waals surface area contributed by atoms with E-state index in [1.807, 2.05) is 32.3 Å². The molecule has 0 unspecified atom stereocenters. The molecule has 0 radical (unpaired) electrons. The minimum atomic E-state index is 0.169. The summed E-state index contributed by atoms with van der Waals surface area (Å²) in [4.78, 5) is 2.11. The van der Waals surface area contributed by atoms with E-state index in [0.717, 1.165) is 40.7 Å². The average Bonchev–Trinajstić information content (AvgIpc) is 2.79. The molecule has 31 heavy (non-hydrogen) atoms. The van der Waals surface area contributed by atoms with E-state index >= 15 is 0 Å². The van der Waals surface area contributed by atoms with Gasteiger partial charge in [0.15, 0.2) is 0 Å². The molecular weight excluding hydrogens is 450 g/mol. The third kappa shape index (κ3) is 6.79. The fraction of sp³-hybridized carbons (Fsp3) is 0.259. The van der Waals surface area contributed by atoms with Gasteiger partial charge in [-0.2, -0.15) is 0 Å². The van der Waals surface area contributed by atoms with Crippen LogP contribution in [0.5, 0.6) is 5.75 Å². The van der Waals surface area contributed by atoms with Gasteiger partial charge in [-0.25, -0.2) is 0 Å². The second-order valence-corrected chi connectivity index (χ2v) is 8.65. The van der Waals surface area contributed by atoms with Crippen LogP contribution < -0.4 is 4.74 Å². The van der Waals surface area contributed by atoms with Gasteiger partial charge in [0.1, 0.15) is 12.4 Å². The Morgan fingerprint density at radius 3 is 2.03 bits per heavy atom. The van der Waals surface area contributed by atoms with E-state index in [-0.39, 0.29) is 6.61 Å². The first kappa shape index (κ1) is 23.3. The molecule has 0 heterocycles. The van der Waals surface area contributed by atoms with Gasteiger partial charge in [0.05, 0.1) is 0 Å². The summed E-state index contributed by atoms with van der Waals surface area (Å²) in [7, 11) is 4.08. The largest absolute Gasteiger partial charge is 0.492 e. The first-order chi connectivity index (χ1) is 15.1. The fourth-order valence-corrected chi connectivity index (χ4v) is 3.77. The van der Waals surface area contributed by atoms with Gasteiger partial charge >= 0.3 is 0 Å². The van der Waals surface area contributed by atoms with Crippen molar-refractivity contribution in [2.75, 3.05) is 33.9 Å². The van der Waals surface area contributed by atoms with Gasteiger partial charge in [0.25, 0.3) is 0 Å². The zero-order valence-corrected chi connectivity index (χ0v) is 19.8. The zero-order chi connectivity index (χ0) is 22.1. The van der Waals surface area contributed by atoms with Crippen LogP contribution >= 0.6 is 15.9 Å². The highest BCUT2D eigenvalue weighted by Crippen LogP contribution is 2.36. The van der Waals surface area contributed by atoms with Crippen molar-refractivity contribution in [1.82, 2.24) is 4.90 Å². The van der Waals surface area contributed by atoms with Crippen molar-refractivity contribution < 1.29 is 9.84 Å². The van der Waals surface area contributed by atoms with E-state index in [1.54, 1.807) is 0 Å². The smallest absolute Gasteiger partial charge is 0.119 e. The molecule has 0 fully saturated rings. The Hall–Kier alpha value is -2.40. The Balaban J connectivity index is 2.05. The standard InChI is InChI=1S/C27H30BrNO2/c1-29(2)18-20-31-25-16-12-23(13-17-25)27(22-10-14-24(28)15-11-22)26(9-6-19-30)21-7-4-3-5-8-21/h3-5,7-8,10-17,30H,6,9,18-20H2,1-2H3/b27-26-. The van der Waals surface area contributed by atoms with Crippen molar-refractivity contribution in [2.24, 2.45) is 0 Å². The maximum atomic E-state index is 9.53. The van der Waals surface area contributed by atoms with Crippen LogP contribution in [0.1, 0.15) is 29.5 Å². The van der Waals surface area contributed by atoms with E-state index in [1.165, 1.54) is 16.7 Å². The van der Waals surface area contributed by atoms with Crippen molar-refractivity contribution in [3.05, 3.63) is 100 Å². The highest BCUT2D eigenvalue weighted by atomic mass is 79.9. The van der Waals surface area contributed by atoms with Crippen LogP contribution in [-0.2, 0) is 0 Å². The molecule has 0 saturated carbocycles. The lowest BCUT2D eigenvalue weighted by molar-refractivity contribution is 0.261. The Morgan fingerprint density at radius 2 is 1.45 bits per heavy atom. The lowest BCUT2D eigenvalue weighted by Crippen LogP contribution is -2.19. The number of hydrogen-bond donors (Lipinski definition) is 1. The average molecular weight is 480 g/mol. The molecule has 0 aliphatic rings. The SMILES string of the molecule is CN(C)CCOc1ccc(/C(=C(/CCCO)c2ccccc2)c2ccc(Br)cc2)cc1. The van der Waals surface area contributed by atoms with Crippen molar-refractivity contribution in [2.45, 2.75) is 12.8 Å². The molecule has 0 atom stereocenters. The molecule has 0 amide bonds. The van der Waals surface area contributed by atoms with Crippen LogP contribution in [-0.4, -0.2) is 43.9 Å². The lowest BCUT2D eigenvalue weighted by Gasteiger charge is -2.18. The number of allylic oxidation sites excluding steroid dienone is 1. The molecule has 3 aromatic rings. The Morgan fingerprint density at radius 1 is 0.839 bits per heavy atom. The van der Waals surface area contributed by atoms with Crippen LogP contribution in [0, 0.1) is 0 Å². The predicted octanol–water partition coefficient (Wildman–Crippen LogP) is 6.12. The Bertz CT molecular complexity index is 964. The molecule has 3 nitrogen and oxygen atoms in total. The van der Waals surface area contributed by atoms with Crippen molar-refractivity contribution >= 4 is 27.1 Å². The summed E-state index contributed by atoms with van der Waals surface area (Å²) in [6.45, 7) is 1.71. The predicted molar refractivity (Wildman–Crippen MR) is 133 cm³/mol. The first-order valence-electron chi connectivity index (χ1n) is 10.6. The molecule has 3 aromatic carbocycles. The zero-order valence-electron chi connectivity index (χ0n) is 18.2. The molecule has 162 valence electrons. The number of aliphatic hydroxyl groups excluding tert-OH is 1. The summed E-state index contributed by atoms with van der Waals surface area (Å²) in [5.74, 6) is 0.873. The maximum absolute atomic E-state index is 9.53. The number of rotatable bonds is 10. The highest BCUT2D eigenvalue weighted by molar-refractivity contribution is 9.10. The molecule has 0 spiro atoms. The number of hydrogen-bond acceptors (Lipinski definition) is 3.